The van der Waals surface area contributed by atoms with Crippen LogP contribution in [0, 0.1) is 6.92 Å². The maximum atomic E-state index is 10.9. The standard InChI is InChI=1S/C8H13N3O3/c1-5-3-7(9)10-11(5)4-6(12)8(13)14-2/h3,6,12H,4H2,1-2H3,(H2,9,10). The van der Waals surface area contributed by atoms with Crippen LogP contribution in [0.2, 0.25) is 0 Å². The molecule has 14 heavy (non-hydrogen) atoms. The molecule has 0 aliphatic heterocycles. The Morgan fingerprint density at radius 1 is 1.86 bits per heavy atom. The van der Waals surface area contributed by atoms with E-state index >= 15 is 0 Å². The largest absolute Gasteiger partial charge is 0.467 e. The molecule has 0 saturated heterocycles. The average Bonchev–Trinajstić information content (AvgIpc) is 2.44. The van der Waals surface area contributed by atoms with Crippen molar-refractivity contribution in [2.75, 3.05) is 12.8 Å². The highest BCUT2D eigenvalue weighted by atomic mass is 16.5. The Bertz CT molecular complexity index is 335. The molecule has 0 fully saturated rings. The number of aryl methyl sites for hydroxylation is 1. The lowest BCUT2D eigenvalue weighted by Crippen LogP contribution is -2.28. The normalized spacial score (nSPS) is 12.5. The van der Waals surface area contributed by atoms with Crippen molar-refractivity contribution in [3.63, 3.8) is 0 Å². The van der Waals surface area contributed by atoms with E-state index in [-0.39, 0.29) is 6.54 Å². The van der Waals surface area contributed by atoms with E-state index in [4.69, 9.17) is 5.73 Å². The minimum atomic E-state index is -1.21. The highest BCUT2D eigenvalue weighted by Crippen LogP contribution is 2.05. The SMILES string of the molecule is COC(=O)C(O)Cn1nc(N)cc1C. The van der Waals surface area contributed by atoms with Gasteiger partial charge in [0, 0.05) is 11.8 Å². The van der Waals surface area contributed by atoms with Crippen LogP contribution in [0.15, 0.2) is 6.07 Å². The monoisotopic (exact) mass is 199 g/mol. The van der Waals surface area contributed by atoms with Crippen LogP contribution in [0.25, 0.3) is 0 Å². The zero-order valence-corrected chi connectivity index (χ0v) is 8.10. The van der Waals surface area contributed by atoms with Gasteiger partial charge in [-0.25, -0.2) is 4.79 Å². The lowest BCUT2D eigenvalue weighted by molar-refractivity contribution is -0.151. The van der Waals surface area contributed by atoms with E-state index in [0.29, 0.717) is 5.82 Å². The highest BCUT2D eigenvalue weighted by Gasteiger charge is 2.17. The highest BCUT2D eigenvalue weighted by molar-refractivity contribution is 5.74. The number of carbonyl (C=O) groups excluding carboxylic acids is 1. The first-order valence-electron chi connectivity index (χ1n) is 4.10. The molecule has 0 saturated carbocycles. The summed E-state index contributed by atoms with van der Waals surface area (Å²) in [6.45, 7) is 1.84. The molecule has 6 nitrogen and oxygen atoms in total. The third kappa shape index (κ3) is 2.23. The summed E-state index contributed by atoms with van der Waals surface area (Å²) in [4.78, 5) is 10.9. The number of aliphatic hydroxyl groups excluding tert-OH is 1. The molecule has 3 N–H and O–H groups in total. The van der Waals surface area contributed by atoms with Gasteiger partial charge >= 0.3 is 5.97 Å². The van der Waals surface area contributed by atoms with Gasteiger partial charge in [0.05, 0.1) is 13.7 Å². The second-order valence-electron chi connectivity index (χ2n) is 2.93. The Morgan fingerprint density at radius 2 is 2.50 bits per heavy atom. The van der Waals surface area contributed by atoms with E-state index in [2.05, 4.69) is 9.84 Å². The first-order chi connectivity index (χ1) is 6.54. The van der Waals surface area contributed by atoms with Crippen LogP contribution in [-0.4, -0.2) is 34.1 Å². The topological polar surface area (TPSA) is 90.4 Å². The fourth-order valence-electron chi connectivity index (χ4n) is 1.09. The molecule has 0 aliphatic carbocycles. The molecule has 0 aromatic carbocycles. The summed E-state index contributed by atoms with van der Waals surface area (Å²) in [7, 11) is 1.22. The molecule has 0 spiro atoms. The predicted octanol–water partition coefficient (Wildman–Crippen LogP) is -0.692. The van der Waals surface area contributed by atoms with Crippen LogP contribution < -0.4 is 5.73 Å². The van der Waals surface area contributed by atoms with E-state index < -0.39 is 12.1 Å². The van der Waals surface area contributed by atoms with Crippen molar-refractivity contribution in [2.24, 2.45) is 0 Å². The second-order valence-corrected chi connectivity index (χ2v) is 2.93. The van der Waals surface area contributed by atoms with Gasteiger partial charge in [-0.05, 0) is 6.92 Å². The number of nitrogens with zero attached hydrogens (tertiary/aromatic N) is 2. The van der Waals surface area contributed by atoms with Crippen molar-refractivity contribution in [2.45, 2.75) is 19.6 Å². The molecule has 78 valence electrons. The molecular weight excluding hydrogens is 186 g/mol. The molecule has 1 atom stereocenters. The number of nitrogen functional groups attached to an aromatic ring is 1. The van der Waals surface area contributed by atoms with Crippen LogP contribution in [0.5, 0.6) is 0 Å². The van der Waals surface area contributed by atoms with Gasteiger partial charge in [-0.1, -0.05) is 0 Å². The van der Waals surface area contributed by atoms with Gasteiger partial charge in [0.2, 0.25) is 0 Å². The minimum Gasteiger partial charge on any atom is -0.467 e. The Morgan fingerprint density at radius 3 is 2.93 bits per heavy atom. The Labute approximate surface area is 81.3 Å². The first kappa shape index (κ1) is 10.5. The molecule has 1 unspecified atom stereocenters. The zero-order valence-electron chi connectivity index (χ0n) is 8.10. The summed E-state index contributed by atoms with van der Waals surface area (Å²) in [5, 5.41) is 13.2. The van der Waals surface area contributed by atoms with Crippen LogP contribution in [0.3, 0.4) is 0 Å². The summed E-state index contributed by atoms with van der Waals surface area (Å²) >= 11 is 0. The Kier molecular flexibility index (Phi) is 3.08. The number of hydrogen-bond acceptors (Lipinski definition) is 5. The van der Waals surface area contributed by atoms with E-state index in [1.54, 1.807) is 13.0 Å². The van der Waals surface area contributed by atoms with Crippen LogP contribution in [0.4, 0.5) is 5.82 Å². The van der Waals surface area contributed by atoms with Gasteiger partial charge in [0.15, 0.2) is 6.10 Å². The maximum absolute atomic E-state index is 10.9. The smallest absolute Gasteiger partial charge is 0.336 e. The number of rotatable bonds is 3. The number of aromatic nitrogens is 2. The van der Waals surface area contributed by atoms with Gasteiger partial charge in [-0.15, -0.1) is 0 Å². The van der Waals surface area contributed by atoms with E-state index in [1.807, 2.05) is 0 Å². The van der Waals surface area contributed by atoms with E-state index in [9.17, 15) is 9.90 Å². The second kappa shape index (κ2) is 4.10. The number of methoxy groups -OCH3 is 1. The van der Waals surface area contributed by atoms with Crippen molar-refractivity contribution in [3.8, 4) is 0 Å². The molecular formula is C8H13N3O3. The van der Waals surface area contributed by atoms with Crippen molar-refractivity contribution >= 4 is 11.8 Å². The first-order valence-corrected chi connectivity index (χ1v) is 4.10. The summed E-state index contributed by atoms with van der Waals surface area (Å²) < 4.78 is 5.82. The number of nitrogens with two attached hydrogens (primary N) is 1. The number of esters is 1. The van der Waals surface area contributed by atoms with Gasteiger partial charge in [0.25, 0.3) is 0 Å². The number of ether oxygens (including phenoxy) is 1. The molecule has 0 amide bonds. The molecule has 1 rings (SSSR count). The van der Waals surface area contributed by atoms with Crippen LogP contribution in [0.1, 0.15) is 5.69 Å². The third-order valence-corrected chi connectivity index (χ3v) is 1.82. The van der Waals surface area contributed by atoms with Crippen molar-refractivity contribution < 1.29 is 14.6 Å². The molecule has 1 aromatic rings. The Hall–Kier alpha value is -1.56. The van der Waals surface area contributed by atoms with Crippen molar-refractivity contribution in [3.05, 3.63) is 11.8 Å². The summed E-state index contributed by atoms with van der Waals surface area (Å²) in [5.74, 6) is -0.321. The predicted molar refractivity (Wildman–Crippen MR) is 49.4 cm³/mol. The molecule has 0 aliphatic rings. The molecule has 1 aromatic heterocycles. The van der Waals surface area contributed by atoms with Gasteiger partial charge in [0.1, 0.15) is 5.82 Å². The lowest BCUT2D eigenvalue weighted by atomic mass is 10.3. The van der Waals surface area contributed by atoms with Crippen LogP contribution in [-0.2, 0) is 16.1 Å². The molecule has 6 heteroatoms. The number of anilines is 1. The Balaban J connectivity index is 2.69. The quantitative estimate of drug-likeness (QED) is 0.629. The average molecular weight is 199 g/mol. The van der Waals surface area contributed by atoms with Crippen molar-refractivity contribution in [1.29, 1.82) is 0 Å². The lowest BCUT2D eigenvalue weighted by Gasteiger charge is -2.09. The van der Waals surface area contributed by atoms with Gasteiger partial charge in [-0.2, -0.15) is 5.10 Å². The number of carbonyl (C=O) groups is 1. The van der Waals surface area contributed by atoms with Crippen LogP contribution >= 0.6 is 0 Å². The number of hydrogen-bond donors (Lipinski definition) is 2. The maximum Gasteiger partial charge on any atom is 0.336 e. The summed E-state index contributed by atoms with van der Waals surface area (Å²) in [6.07, 6.45) is -1.21. The van der Waals surface area contributed by atoms with Gasteiger partial charge in [-0.3, -0.25) is 4.68 Å². The summed E-state index contributed by atoms with van der Waals surface area (Å²) in [6, 6.07) is 1.66. The van der Waals surface area contributed by atoms with E-state index in [0.717, 1.165) is 5.69 Å². The molecule has 0 radical (unpaired) electrons. The van der Waals surface area contributed by atoms with Crippen molar-refractivity contribution in [1.82, 2.24) is 9.78 Å². The zero-order chi connectivity index (χ0) is 10.7. The van der Waals surface area contributed by atoms with Gasteiger partial charge < -0.3 is 15.6 Å². The number of aliphatic hydroxyl groups is 1. The molecule has 1 heterocycles. The fourth-order valence-corrected chi connectivity index (χ4v) is 1.09. The van der Waals surface area contributed by atoms with E-state index in [1.165, 1.54) is 11.8 Å². The fraction of sp³-hybridized carbons (Fsp3) is 0.500. The summed E-state index contributed by atoms with van der Waals surface area (Å²) in [5.41, 5.74) is 6.22. The minimum absolute atomic E-state index is 0.0513. The third-order valence-electron chi connectivity index (χ3n) is 1.82. The molecule has 0 bridgehead atoms.